The Bertz CT molecular complexity index is 544. The van der Waals surface area contributed by atoms with Gasteiger partial charge >= 0.3 is 0 Å². The lowest BCUT2D eigenvalue weighted by Crippen LogP contribution is -2.41. The number of hydrogen-bond acceptors (Lipinski definition) is 4. The molecule has 0 radical (unpaired) electrons. The minimum Gasteiger partial charge on any atom is -0.351 e. The van der Waals surface area contributed by atoms with Crippen LogP contribution < -0.4 is 5.32 Å². The molecule has 6 nitrogen and oxygen atoms in total. The van der Waals surface area contributed by atoms with E-state index >= 15 is 0 Å². The third-order valence-corrected chi connectivity index (χ3v) is 4.25. The number of hydrogen-bond donors (Lipinski definition) is 1. The van der Waals surface area contributed by atoms with Crippen LogP contribution in [0.25, 0.3) is 0 Å². The van der Waals surface area contributed by atoms with Crippen LogP contribution >= 0.6 is 0 Å². The average molecular weight is 313 g/mol. The van der Waals surface area contributed by atoms with Gasteiger partial charge in [0.2, 0.25) is 10.0 Å². The second-order valence-electron chi connectivity index (χ2n) is 5.09. The van der Waals surface area contributed by atoms with E-state index in [0.29, 0.717) is 18.7 Å². The molecule has 0 heterocycles. The summed E-state index contributed by atoms with van der Waals surface area (Å²) in [6.07, 6.45) is 1.18. The predicted octanol–water partition coefficient (Wildman–Crippen LogP) is 0.240. The quantitative estimate of drug-likeness (QED) is 0.746. The number of likely N-dealkylation sites (N-methyl/N-ethyl adjacent to an activating group) is 1. The van der Waals surface area contributed by atoms with E-state index in [0.717, 1.165) is 0 Å². The number of carbonyl (C=O) groups excluding carboxylic acids is 1. The Morgan fingerprint density at radius 1 is 1.10 bits per heavy atom. The maximum Gasteiger partial charge on any atom is 0.251 e. The maximum absolute atomic E-state index is 11.9. The summed E-state index contributed by atoms with van der Waals surface area (Å²) in [4.78, 5) is 13.8. The molecule has 0 aliphatic heterocycles. The van der Waals surface area contributed by atoms with Crippen molar-refractivity contribution in [3.63, 3.8) is 0 Å². The second-order valence-corrected chi connectivity index (χ2v) is 7.07. The fourth-order valence-corrected chi connectivity index (χ4v) is 2.58. The molecule has 118 valence electrons. The van der Waals surface area contributed by atoms with Gasteiger partial charge in [0, 0.05) is 31.7 Å². The van der Waals surface area contributed by atoms with E-state index in [4.69, 9.17) is 0 Å². The minimum absolute atomic E-state index is 0.198. The number of nitrogens with zero attached hydrogens (tertiary/aromatic N) is 2. The minimum atomic E-state index is -3.27. The van der Waals surface area contributed by atoms with Crippen molar-refractivity contribution < 1.29 is 13.2 Å². The van der Waals surface area contributed by atoms with Crippen LogP contribution in [0.15, 0.2) is 30.3 Å². The molecule has 0 aromatic heterocycles. The van der Waals surface area contributed by atoms with Crippen LogP contribution in [0.4, 0.5) is 0 Å². The summed E-state index contributed by atoms with van der Waals surface area (Å²) in [5.74, 6) is -0.198. The van der Waals surface area contributed by atoms with E-state index in [9.17, 15) is 13.2 Å². The van der Waals surface area contributed by atoms with E-state index in [1.54, 1.807) is 24.3 Å². The highest BCUT2D eigenvalue weighted by atomic mass is 32.2. The summed E-state index contributed by atoms with van der Waals surface area (Å²) >= 11 is 0. The molecule has 0 saturated heterocycles. The first-order valence-electron chi connectivity index (χ1n) is 6.74. The smallest absolute Gasteiger partial charge is 0.251 e. The maximum atomic E-state index is 11.9. The summed E-state index contributed by atoms with van der Waals surface area (Å²) < 4.78 is 24.7. The fourth-order valence-electron chi connectivity index (χ4n) is 1.74. The lowest BCUT2D eigenvalue weighted by Gasteiger charge is -2.22. The van der Waals surface area contributed by atoms with Gasteiger partial charge in [0.15, 0.2) is 0 Å². The Morgan fingerprint density at radius 3 is 2.24 bits per heavy atom. The number of sulfonamides is 1. The molecule has 0 saturated carbocycles. The summed E-state index contributed by atoms with van der Waals surface area (Å²) in [6, 6.07) is 8.85. The molecule has 0 spiro atoms. The Hall–Kier alpha value is -1.44. The second kappa shape index (κ2) is 8.11. The largest absolute Gasteiger partial charge is 0.351 e. The van der Waals surface area contributed by atoms with Crippen LogP contribution in [0.5, 0.6) is 0 Å². The van der Waals surface area contributed by atoms with Gasteiger partial charge in [-0.1, -0.05) is 18.2 Å². The van der Waals surface area contributed by atoms with Crippen LogP contribution in [0.1, 0.15) is 10.4 Å². The zero-order valence-electron chi connectivity index (χ0n) is 12.7. The lowest BCUT2D eigenvalue weighted by atomic mass is 10.2. The number of nitrogens with one attached hydrogen (secondary N) is 1. The van der Waals surface area contributed by atoms with Crippen molar-refractivity contribution in [2.24, 2.45) is 0 Å². The van der Waals surface area contributed by atoms with Crippen LogP contribution in [0.2, 0.25) is 0 Å². The van der Waals surface area contributed by atoms with Crippen LogP contribution in [-0.2, 0) is 10.0 Å². The SMILES string of the molecule is CN(C)CCN(CCNC(=O)c1ccccc1)S(C)(=O)=O. The summed E-state index contributed by atoms with van der Waals surface area (Å²) in [5.41, 5.74) is 0.566. The third kappa shape index (κ3) is 6.70. The van der Waals surface area contributed by atoms with Gasteiger partial charge in [0.05, 0.1) is 6.26 Å². The first-order chi connectivity index (χ1) is 9.80. The molecule has 21 heavy (non-hydrogen) atoms. The normalized spacial score (nSPS) is 11.9. The van der Waals surface area contributed by atoms with Gasteiger partial charge in [-0.05, 0) is 26.2 Å². The Balaban J connectivity index is 2.48. The molecular weight excluding hydrogens is 290 g/mol. The molecule has 1 amide bonds. The van der Waals surface area contributed by atoms with E-state index in [2.05, 4.69) is 5.32 Å². The van der Waals surface area contributed by atoms with Gasteiger partial charge in [-0.3, -0.25) is 4.79 Å². The molecule has 0 bridgehead atoms. The van der Waals surface area contributed by atoms with E-state index < -0.39 is 10.0 Å². The molecule has 1 aromatic carbocycles. The lowest BCUT2D eigenvalue weighted by molar-refractivity contribution is 0.0951. The van der Waals surface area contributed by atoms with Crippen molar-refractivity contribution in [1.29, 1.82) is 0 Å². The van der Waals surface area contributed by atoms with Crippen molar-refractivity contribution in [2.45, 2.75) is 0 Å². The molecule has 1 rings (SSSR count). The summed E-state index contributed by atoms with van der Waals surface area (Å²) in [5, 5.41) is 2.73. The van der Waals surface area contributed by atoms with E-state index in [-0.39, 0.29) is 19.0 Å². The fraction of sp³-hybridized carbons (Fsp3) is 0.500. The molecule has 0 atom stereocenters. The Labute approximate surface area is 126 Å². The van der Waals surface area contributed by atoms with Gasteiger partial charge in [-0.15, -0.1) is 0 Å². The predicted molar refractivity (Wildman–Crippen MR) is 83.7 cm³/mol. The summed E-state index contributed by atoms with van der Waals surface area (Å²) in [6.45, 7) is 1.60. The molecule has 7 heteroatoms. The molecule has 0 unspecified atom stereocenters. The molecule has 0 aliphatic rings. The number of rotatable bonds is 8. The molecule has 1 aromatic rings. The first kappa shape index (κ1) is 17.6. The topological polar surface area (TPSA) is 69.7 Å². The highest BCUT2D eigenvalue weighted by molar-refractivity contribution is 7.88. The van der Waals surface area contributed by atoms with Gasteiger partial charge < -0.3 is 10.2 Å². The summed E-state index contributed by atoms with van der Waals surface area (Å²) in [7, 11) is 0.505. The zero-order valence-corrected chi connectivity index (χ0v) is 13.6. The van der Waals surface area contributed by atoms with Crippen molar-refractivity contribution in [3.05, 3.63) is 35.9 Å². The van der Waals surface area contributed by atoms with Crippen LogP contribution in [-0.4, -0.2) is 70.1 Å². The number of benzene rings is 1. The van der Waals surface area contributed by atoms with Crippen LogP contribution in [0, 0.1) is 0 Å². The van der Waals surface area contributed by atoms with E-state index in [1.807, 2.05) is 25.1 Å². The van der Waals surface area contributed by atoms with Crippen molar-refractivity contribution in [3.8, 4) is 0 Å². The first-order valence-corrected chi connectivity index (χ1v) is 8.58. The van der Waals surface area contributed by atoms with Gasteiger partial charge in [0.25, 0.3) is 5.91 Å². The van der Waals surface area contributed by atoms with E-state index in [1.165, 1.54) is 10.6 Å². The average Bonchev–Trinajstić information content (AvgIpc) is 2.41. The molecular formula is C14H23N3O3S. The third-order valence-electron chi connectivity index (χ3n) is 2.95. The molecule has 1 N–H and O–H groups in total. The monoisotopic (exact) mass is 313 g/mol. The van der Waals surface area contributed by atoms with Gasteiger partial charge in [-0.2, -0.15) is 4.31 Å². The van der Waals surface area contributed by atoms with Crippen molar-refractivity contribution in [2.75, 3.05) is 46.5 Å². The number of amides is 1. The Kier molecular flexibility index (Phi) is 6.80. The number of carbonyl (C=O) groups is 1. The highest BCUT2D eigenvalue weighted by Crippen LogP contribution is 1.99. The standard InChI is InChI=1S/C14H23N3O3S/c1-16(2)11-12-17(21(3,19)20)10-9-15-14(18)13-7-5-4-6-8-13/h4-8H,9-12H2,1-3H3,(H,15,18). The molecule has 0 aliphatic carbocycles. The highest BCUT2D eigenvalue weighted by Gasteiger charge is 2.16. The zero-order chi connectivity index (χ0) is 15.9. The van der Waals surface area contributed by atoms with Gasteiger partial charge in [-0.25, -0.2) is 8.42 Å². The Morgan fingerprint density at radius 2 is 1.71 bits per heavy atom. The van der Waals surface area contributed by atoms with Crippen LogP contribution in [0.3, 0.4) is 0 Å². The molecule has 0 fully saturated rings. The van der Waals surface area contributed by atoms with Gasteiger partial charge in [0.1, 0.15) is 0 Å². The van der Waals surface area contributed by atoms with Crippen molar-refractivity contribution in [1.82, 2.24) is 14.5 Å². The van der Waals surface area contributed by atoms with Crippen molar-refractivity contribution >= 4 is 15.9 Å².